The van der Waals surface area contributed by atoms with Crippen LogP contribution in [0.4, 0.5) is 11.9 Å². The van der Waals surface area contributed by atoms with Gasteiger partial charge in [0.1, 0.15) is 11.8 Å². The maximum absolute atomic E-state index is 12.9. The fourth-order valence-corrected chi connectivity index (χ4v) is 3.99. The first-order valence-corrected chi connectivity index (χ1v) is 11.2. The summed E-state index contributed by atoms with van der Waals surface area (Å²) in [5.41, 5.74) is 3.14. The molecule has 2 heterocycles. The minimum Gasteiger partial charge on any atom is -0.496 e. The van der Waals surface area contributed by atoms with Gasteiger partial charge in [-0.05, 0) is 53.6 Å². The Labute approximate surface area is 206 Å². The molecule has 0 fully saturated rings. The number of ether oxygens (including phenoxy) is 1. The predicted molar refractivity (Wildman–Crippen MR) is 134 cm³/mol. The highest BCUT2D eigenvalue weighted by Crippen LogP contribution is 2.34. The fraction of sp³-hybridized carbons (Fsp3) is 0.0800. The van der Waals surface area contributed by atoms with Crippen molar-refractivity contribution < 1.29 is 9.53 Å². The number of aromatic nitrogens is 3. The number of para-hydroxylation sites is 1. The number of carbonyl (C=O) groups excluding carboxylic acids is 1. The molecule has 1 aliphatic heterocycles. The van der Waals surface area contributed by atoms with Crippen molar-refractivity contribution in [2.75, 3.05) is 17.7 Å². The SMILES string of the molecule is COc1ccccc1C(=O)Nc1nc2n(n1)C(c1ccc(Cl)cc1)C=C(c1ccc(Cl)cc1)N2. The minimum absolute atomic E-state index is 0.170. The first-order chi connectivity index (χ1) is 16.5. The molecule has 0 bridgehead atoms. The number of hydrogen-bond acceptors (Lipinski definition) is 5. The highest BCUT2D eigenvalue weighted by molar-refractivity contribution is 6.30. The molecule has 1 aliphatic rings. The van der Waals surface area contributed by atoms with Crippen LogP contribution in [0.2, 0.25) is 10.0 Å². The Morgan fingerprint density at radius 3 is 2.38 bits per heavy atom. The van der Waals surface area contributed by atoms with E-state index in [-0.39, 0.29) is 17.9 Å². The van der Waals surface area contributed by atoms with E-state index in [1.165, 1.54) is 7.11 Å². The molecule has 1 atom stereocenters. The van der Waals surface area contributed by atoms with E-state index in [9.17, 15) is 4.79 Å². The van der Waals surface area contributed by atoms with Crippen molar-refractivity contribution in [1.82, 2.24) is 14.8 Å². The third-order valence-electron chi connectivity index (χ3n) is 5.41. The number of methoxy groups -OCH3 is 1. The Bertz CT molecular complexity index is 1380. The molecule has 0 spiro atoms. The summed E-state index contributed by atoms with van der Waals surface area (Å²) in [6.45, 7) is 0. The molecule has 1 aromatic heterocycles. The smallest absolute Gasteiger partial charge is 0.261 e. The van der Waals surface area contributed by atoms with E-state index in [2.05, 4.69) is 20.7 Å². The second-order valence-electron chi connectivity index (χ2n) is 7.57. The van der Waals surface area contributed by atoms with Gasteiger partial charge in [-0.25, -0.2) is 4.68 Å². The van der Waals surface area contributed by atoms with Crippen LogP contribution in [0.1, 0.15) is 27.5 Å². The molecule has 0 saturated heterocycles. The Morgan fingerprint density at radius 1 is 1.00 bits per heavy atom. The first kappa shape index (κ1) is 22.0. The zero-order valence-electron chi connectivity index (χ0n) is 18.0. The lowest BCUT2D eigenvalue weighted by atomic mass is 10.0. The van der Waals surface area contributed by atoms with E-state index in [0.717, 1.165) is 16.8 Å². The molecule has 3 aromatic carbocycles. The number of halogens is 2. The zero-order valence-corrected chi connectivity index (χ0v) is 19.5. The van der Waals surface area contributed by atoms with Crippen molar-refractivity contribution in [3.05, 3.63) is 106 Å². The van der Waals surface area contributed by atoms with E-state index < -0.39 is 0 Å². The molecule has 1 amide bonds. The Kier molecular flexibility index (Phi) is 5.96. The quantitative estimate of drug-likeness (QED) is 0.363. The topological polar surface area (TPSA) is 81.1 Å². The molecule has 1 unspecified atom stereocenters. The predicted octanol–water partition coefficient (Wildman–Crippen LogP) is 5.90. The minimum atomic E-state index is -0.366. The van der Waals surface area contributed by atoms with Crippen molar-refractivity contribution in [1.29, 1.82) is 0 Å². The van der Waals surface area contributed by atoms with Gasteiger partial charge in [0, 0.05) is 15.7 Å². The molecule has 170 valence electrons. The summed E-state index contributed by atoms with van der Waals surface area (Å²) in [4.78, 5) is 17.4. The van der Waals surface area contributed by atoms with Gasteiger partial charge in [-0.1, -0.05) is 59.6 Å². The van der Waals surface area contributed by atoms with Gasteiger partial charge in [0.25, 0.3) is 11.9 Å². The lowest BCUT2D eigenvalue weighted by Crippen LogP contribution is -2.20. The molecule has 2 N–H and O–H groups in total. The summed E-state index contributed by atoms with van der Waals surface area (Å²) in [6, 6.07) is 21.7. The highest BCUT2D eigenvalue weighted by atomic mass is 35.5. The van der Waals surface area contributed by atoms with Gasteiger partial charge in [-0.2, -0.15) is 4.98 Å². The molecule has 7 nitrogen and oxygen atoms in total. The van der Waals surface area contributed by atoms with Gasteiger partial charge in [0.2, 0.25) is 5.95 Å². The summed E-state index contributed by atoms with van der Waals surface area (Å²) in [7, 11) is 1.52. The van der Waals surface area contributed by atoms with E-state index in [1.807, 2.05) is 54.6 Å². The zero-order chi connectivity index (χ0) is 23.7. The molecule has 0 saturated carbocycles. The van der Waals surface area contributed by atoms with E-state index in [1.54, 1.807) is 28.9 Å². The van der Waals surface area contributed by atoms with Crippen molar-refractivity contribution in [3.63, 3.8) is 0 Å². The number of rotatable bonds is 5. The second-order valence-corrected chi connectivity index (χ2v) is 8.44. The molecular weight excluding hydrogens is 473 g/mol. The van der Waals surface area contributed by atoms with Crippen LogP contribution in [0.5, 0.6) is 5.75 Å². The highest BCUT2D eigenvalue weighted by Gasteiger charge is 2.26. The second kappa shape index (κ2) is 9.21. The summed E-state index contributed by atoms with van der Waals surface area (Å²) in [5, 5.41) is 11.9. The Hall–Kier alpha value is -3.81. The number of fused-ring (bicyclic) bond motifs is 1. The third kappa shape index (κ3) is 4.35. The monoisotopic (exact) mass is 491 g/mol. The number of carbonyl (C=O) groups is 1. The van der Waals surface area contributed by atoms with Gasteiger partial charge in [-0.15, -0.1) is 5.10 Å². The molecule has 5 rings (SSSR count). The largest absolute Gasteiger partial charge is 0.496 e. The molecule has 4 aromatic rings. The van der Waals surface area contributed by atoms with Gasteiger partial charge < -0.3 is 10.1 Å². The first-order valence-electron chi connectivity index (χ1n) is 10.4. The van der Waals surface area contributed by atoms with Gasteiger partial charge in [0.05, 0.1) is 12.7 Å². The van der Waals surface area contributed by atoms with Crippen LogP contribution >= 0.6 is 23.2 Å². The third-order valence-corrected chi connectivity index (χ3v) is 5.91. The standard InChI is InChI=1S/C25H19Cl2N5O2/c1-34-22-5-3-2-4-19(22)23(33)29-24-30-25-28-20(15-6-10-17(26)11-7-15)14-21(32(25)31-24)16-8-12-18(27)13-9-16/h2-14,21H,1H3,(H2,28,29,30,31,33). The van der Waals surface area contributed by atoms with Crippen molar-refractivity contribution in [3.8, 4) is 5.75 Å². The van der Waals surface area contributed by atoms with Gasteiger partial charge in [-0.3, -0.25) is 10.1 Å². The normalized spacial score (nSPS) is 14.6. The van der Waals surface area contributed by atoms with E-state index in [4.69, 9.17) is 27.9 Å². The molecule has 0 radical (unpaired) electrons. The van der Waals surface area contributed by atoms with Crippen LogP contribution in [-0.2, 0) is 0 Å². The van der Waals surface area contributed by atoms with Crippen molar-refractivity contribution in [2.24, 2.45) is 0 Å². The average molecular weight is 492 g/mol. The van der Waals surface area contributed by atoms with E-state index >= 15 is 0 Å². The fourth-order valence-electron chi connectivity index (χ4n) is 3.74. The molecular formula is C25H19Cl2N5O2. The number of hydrogen-bond donors (Lipinski definition) is 2. The number of amides is 1. The van der Waals surface area contributed by atoms with Crippen molar-refractivity contribution >= 4 is 46.7 Å². The number of nitrogens with one attached hydrogen (secondary N) is 2. The summed E-state index contributed by atoms with van der Waals surface area (Å²) in [6.07, 6.45) is 2.04. The maximum atomic E-state index is 12.9. The number of benzene rings is 3. The number of anilines is 2. The summed E-state index contributed by atoms with van der Waals surface area (Å²) < 4.78 is 7.02. The summed E-state index contributed by atoms with van der Waals surface area (Å²) >= 11 is 12.2. The van der Waals surface area contributed by atoms with Gasteiger partial charge in [0.15, 0.2) is 0 Å². The average Bonchev–Trinajstić information content (AvgIpc) is 3.26. The van der Waals surface area contributed by atoms with Crippen LogP contribution in [-0.4, -0.2) is 27.8 Å². The number of allylic oxidation sites excluding steroid dienone is 1. The lowest BCUT2D eigenvalue weighted by Gasteiger charge is -2.24. The Balaban J connectivity index is 1.51. The van der Waals surface area contributed by atoms with Crippen LogP contribution in [0.25, 0.3) is 5.70 Å². The van der Waals surface area contributed by atoms with Crippen molar-refractivity contribution in [2.45, 2.75) is 6.04 Å². The molecule has 9 heteroatoms. The summed E-state index contributed by atoms with van der Waals surface area (Å²) in [5.74, 6) is 0.757. The molecule has 34 heavy (non-hydrogen) atoms. The van der Waals surface area contributed by atoms with Gasteiger partial charge >= 0.3 is 0 Å². The van der Waals surface area contributed by atoms with Crippen LogP contribution in [0, 0.1) is 0 Å². The van der Waals surface area contributed by atoms with Crippen LogP contribution in [0.3, 0.4) is 0 Å². The Morgan fingerprint density at radius 2 is 1.68 bits per heavy atom. The maximum Gasteiger partial charge on any atom is 0.261 e. The molecule has 0 aliphatic carbocycles. The van der Waals surface area contributed by atoms with Crippen LogP contribution in [0.15, 0.2) is 78.9 Å². The lowest BCUT2D eigenvalue weighted by molar-refractivity contribution is 0.102. The van der Waals surface area contributed by atoms with E-state index in [0.29, 0.717) is 27.3 Å². The number of nitrogens with zero attached hydrogens (tertiary/aromatic N) is 3. The van der Waals surface area contributed by atoms with Crippen LogP contribution < -0.4 is 15.4 Å².